The lowest BCUT2D eigenvalue weighted by atomic mass is 10.2. The van der Waals surface area contributed by atoms with E-state index in [4.69, 9.17) is 21.3 Å². The number of aryl methyl sites for hydroxylation is 1. The van der Waals surface area contributed by atoms with Crippen molar-refractivity contribution >= 4 is 29.3 Å². The lowest BCUT2D eigenvalue weighted by Crippen LogP contribution is -2.13. The summed E-state index contributed by atoms with van der Waals surface area (Å²) >= 11 is 5.83. The minimum atomic E-state index is -0.510. The van der Waals surface area contributed by atoms with Crippen molar-refractivity contribution in [1.29, 1.82) is 5.26 Å². The summed E-state index contributed by atoms with van der Waals surface area (Å²) in [6.45, 7) is 1.79. The van der Waals surface area contributed by atoms with E-state index >= 15 is 0 Å². The lowest BCUT2D eigenvalue weighted by molar-refractivity contribution is -0.112. The molecule has 20 heavy (non-hydrogen) atoms. The third-order valence-corrected chi connectivity index (χ3v) is 2.73. The quantitative estimate of drug-likeness (QED) is 0.689. The van der Waals surface area contributed by atoms with E-state index in [1.165, 1.54) is 6.08 Å². The number of amides is 1. The van der Waals surface area contributed by atoms with Crippen molar-refractivity contribution in [2.45, 2.75) is 6.92 Å². The topological polar surface area (TPSA) is 66.0 Å². The molecule has 1 N–H and O–H groups in total. The zero-order chi connectivity index (χ0) is 14.5. The second kappa shape index (κ2) is 6.09. The molecular weight excluding hydrogens is 276 g/mol. The molecule has 0 radical (unpaired) electrons. The average molecular weight is 287 g/mol. The molecule has 1 aromatic heterocycles. The van der Waals surface area contributed by atoms with E-state index in [-0.39, 0.29) is 5.57 Å². The van der Waals surface area contributed by atoms with E-state index in [1.807, 2.05) is 6.07 Å². The van der Waals surface area contributed by atoms with Gasteiger partial charge in [0.2, 0.25) is 0 Å². The SMILES string of the molecule is Cc1ccc(/C=C(\C#N)C(=O)Nc2cccc(Cl)c2)o1. The number of anilines is 1. The van der Waals surface area contributed by atoms with Gasteiger partial charge in [-0.15, -0.1) is 0 Å². The summed E-state index contributed by atoms with van der Waals surface area (Å²) in [5.74, 6) is 0.660. The Morgan fingerprint density at radius 2 is 2.20 bits per heavy atom. The van der Waals surface area contributed by atoms with Gasteiger partial charge in [0.05, 0.1) is 0 Å². The molecule has 0 aliphatic heterocycles. The third kappa shape index (κ3) is 3.50. The summed E-state index contributed by atoms with van der Waals surface area (Å²) in [5.41, 5.74) is 0.485. The maximum absolute atomic E-state index is 12.0. The maximum atomic E-state index is 12.0. The van der Waals surface area contributed by atoms with Crippen molar-refractivity contribution in [3.05, 3.63) is 58.5 Å². The highest BCUT2D eigenvalue weighted by Gasteiger charge is 2.10. The van der Waals surface area contributed by atoms with Crippen LogP contribution in [-0.2, 0) is 4.79 Å². The molecule has 100 valence electrons. The number of hydrogen-bond acceptors (Lipinski definition) is 3. The molecule has 0 unspecified atom stereocenters. The van der Waals surface area contributed by atoms with Crippen molar-refractivity contribution < 1.29 is 9.21 Å². The highest BCUT2D eigenvalue weighted by atomic mass is 35.5. The molecule has 0 aliphatic rings. The van der Waals surface area contributed by atoms with Gasteiger partial charge in [-0.2, -0.15) is 5.26 Å². The van der Waals surface area contributed by atoms with Crippen molar-refractivity contribution in [2.24, 2.45) is 0 Å². The second-order valence-electron chi connectivity index (χ2n) is 4.08. The van der Waals surface area contributed by atoms with Crippen LogP contribution in [0, 0.1) is 18.3 Å². The molecule has 2 aromatic rings. The van der Waals surface area contributed by atoms with Crippen LogP contribution in [0.1, 0.15) is 11.5 Å². The fourth-order valence-corrected chi connectivity index (χ4v) is 1.78. The molecule has 0 bridgehead atoms. The van der Waals surface area contributed by atoms with E-state index in [9.17, 15) is 4.79 Å². The Balaban J connectivity index is 2.18. The Hall–Kier alpha value is -2.51. The predicted octanol–water partition coefficient (Wildman–Crippen LogP) is 3.79. The average Bonchev–Trinajstić information content (AvgIpc) is 2.81. The van der Waals surface area contributed by atoms with Gasteiger partial charge >= 0.3 is 0 Å². The molecule has 0 saturated heterocycles. The number of carbonyl (C=O) groups excluding carboxylic acids is 1. The van der Waals surface area contributed by atoms with Gasteiger partial charge in [-0.1, -0.05) is 17.7 Å². The molecule has 2 rings (SSSR count). The number of nitriles is 1. The van der Waals surface area contributed by atoms with Crippen molar-refractivity contribution in [3.63, 3.8) is 0 Å². The van der Waals surface area contributed by atoms with E-state index in [0.29, 0.717) is 22.2 Å². The van der Waals surface area contributed by atoms with Gasteiger partial charge in [-0.3, -0.25) is 4.79 Å². The largest absolute Gasteiger partial charge is 0.462 e. The summed E-state index contributed by atoms with van der Waals surface area (Å²) < 4.78 is 5.31. The highest BCUT2D eigenvalue weighted by Crippen LogP contribution is 2.16. The Kier molecular flexibility index (Phi) is 4.24. The van der Waals surface area contributed by atoms with Crippen LogP contribution < -0.4 is 5.32 Å². The first-order valence-electron chi connectivity index (χ1n) is 5.83. The number of carbonyl (C=O) groups is 1. The highest BCUT2D eigenvalue weighted by molar-refractivity contribution is 6.31. The molecule has 4 nitrogen and oxygen atoms in total. The first-order valence-corrected chi connectivity index (χ1v) is 6.21. The monoisotopic (exact) mass is 286 g/mol. The summed E-state index contributed by atoms with van der Waals surface area (Å²) in [4.78, 5) is 12.0. The number of halogens is 1. The van der Waals surface area contributed by atoms with Crippen molar-refractivity contribution in [1.82, 2.24) is 0 Å². The van der Waals surface area contributed by atoms with Crippen LogP contribution in [0.2, 0.25) is 5.02 Å². The number of furan rings is 1. The molecule has 0 atom stereocenters. The van der Waals surface area contributed by atoms with E-state index < -0.39 is 5.91 Å². The summed E-state index contributed by atoms with van der Waals surface area (Å²) in [6.07, 6.45) is 1.40. The molecule has 1 heterocycles. The van der Waals surface area contributed by atoms with Crippen molar-refractivity contribution in [2.75, 3.05) is 5.32 Å². The summed E-state index contributed by atoms with van der Waals surface area (Å²) in [6, 6.07) is 12.0. The smallest absolute Gasteiger partial charge is 0.266 e. The Morgan fingerprint density at radius 3 is 2.80 bits per heavy atom. The number of hydrogen-bond donors (Lipinski definition) is 1. The van der Waals surface area contributed by atoms with Gasteiger partial charge in [0.1, 0.15) is 23.2 Å². The van der Waals surface area contributed by atoms with Gasteiger partial charge in [0.15, 0.2) is 0 Å². The molecule has 0 spiro atoms. The maximum Gasteiger partial charge on any atom is 0.266 e. The summed E-state index contributed by atoms with van der Waals surface area (Å²) in [5, 5.41) is 12.2. The van der Waals surface area contributed by atoms with Gasteiger partial charge < -0.3 is 9.73 Å². The summed E-state index contributed by atoms with van der Waals surface area (Å²) in [7, 11) is 0. The number of nitrogens with zero attached hydrogens (tertiary/aromatic N) is 1. The minimum absolute atomic E-state index is 0.0423. The molecule has 1 amide bonds. The number of nitrogens with one attached hydrogen (secondary N) is 1. The zero-order valence-electron chi connectivity index (χ0n) is 10.7. The zero-order valence-corrected chi connectivity index (χ0v) is 11.4. The Bertz CT molecular complexity index is 711. The molecule has 0 saturated carbocycles. The van der Waals surface area contributed by atoms with Crippen LogP contribution in [-0.4, -0.2) is 5.91 Å². The van der Waals surface area contributed by atoms with E-state index in [2.05, 4.69) is 5.32 Å². The van der Waals surface area contributed by atoms with E-state index in [0.717, 1.165) is 0 Å². The van der Waals surface area contributed by atoms with E-state index in [1.54, 1.807) is 43.3 Å². The fourth-order valence-electron chi connectivity index (χ4n) is 1.59. The fraction of sp³-hybridized carbons (Fsp3) is 0.0667. The van der Waals surface area contributed by atoms with Crippen LogP contribution in [0.15, 0.2) is 46.4 Å². The number of benzene rings is 1. The van der Waals surface area contributed by atoms with Crippen LogP contribution in [0.3, 0.4) is 0 Å². The molecule has 5 heteroatoms. The van der Waals surface area contributed by atoms with Crippen LogP contribution in [0.4, 0.5) is 5.69 Å². The van der Waals surface area contributed by atoms with Crippen LogP contribution in [0.5, 0.6) is 0 Å². The predicted molar refractivity (Wildman–Crippen MR) is 77.1 cm³/mol. The van der Waals surface area contributed by atoms with Gasteiger partial charge in [0, 0.05) is 16.8 Å². The normalized spacial score (nSPS) is 10.9. The molecule has 1 aromatic carbocycles. The Morgan fingerprint density at radius 1 is 1.40 bits per heavy atom. The molecule has 0 fully saturated rings. The number of rotatable bonds is 3. The van der Waals surface area contributed by atoms with Gasteiger partial charge in [0.25, 0.3) is 5.91 Å². The molecule has 0 aliphatic carbocycles. The third-order valence-electron chi connectivity index (χ3n) is 2.50. The standard InChI is InChI=1S/C15H11ClN2O2/c1-10-5-6-14(20-10)7-11(9-17)15(19)18-13-4-2-3-12(16)8-13/h2-8H,1H3,(H,18,19)/b11-7+. The second-order valence-corrected chi connectivity index (χ2v) is 4.52. The van der Waals surface area contributed by atoms with Crippen molar-refractivity contribution in [3.8, 4) is 6.07 Å². The molecular formula is C15H11ClN2O2. The lowest BCUT2D eigenvalue weighted by Gasteiger charge is -2.04. The van der Waals surface area contributed by atoms with Gasteiger partial charge in [-0.25, -0.2) is 0 Å². The van der Waals surface area contributed by atoms with Crippen LogP contribution >= 0.6 is 11.6 Å². The van der Waals surface area contributed by atoms with Crippen LogP contribution in [0.25, 0.3) is 6.08 Å². The van der Waals surface area contributed by atoms with Gasteiger partial charge in [-0.05, 0) is 37.3 Å². The first-order chi connectivity index (χ1) is 9.58. The minimum Gasteiger partial charge on any atom is -0.462 e. The Labute approximate surface area is 121 Å². The first kappa shape index (κ1) is 13.9.